The quantitative estimate of drug-likeness (QED) is 0.581. The standard InChI is InChI=1S/C15H15IN2S/c1-10-3-8-14(11(2)9-10)18-15(19)17-13-6-4-12(16)5-7-13/h3-9H,1-2H3,(H2,17,18,19). The molecule has 2 aromatic rings. The van der Waals surface area contributed by atoms with Crippen molar-refractivity contribution in [2.75, 3.05) is 10.6 Å². The van der Waals surface area contributed by atoms with Crippen molar-refractivity contribution in [3.05, 3.63) is 57.2 Å². The molecule has 0 bridgehead atoms. The summed E-state index contributed by atoms with van der Waals surface area (Å²) in [4.78, 5) is 0. The van der Waals surface area contributed by atoms with Crippen LogP contribution in [0, 0.1) is 17.4 Å². The highest BCUT2D eigenvalue weighted by Crippen LogP contribution is 2.17. The number of anilines is 2. The molecule has 2 N–H and O–H groups in total. The second-order valence-corrected chi connectivity index (χ2v) is 6.06. The molecule has 0 aliphatic carbocycles. The van der Waals surface area contributed by atoms with Gasteiger partial charge in [-0.2, -0.15) is 0 Å². The van der Waals surface area contributed by atoms with Crippen LogP contribution >= 0.6 is 34.8 Å². The summed E-state index contributed by atoms with van der Waals surface area (Å²) in [5.74, 6) is 0. The monoisotopic (exact) mass is 382 g/mol. The summed E-state index contributed by atoms with van der Waals surface area (Å²) in [6, 6.07) is 14.4. The van der Waals surface area contributed by atoms with Crippen LogP contribution in [0.25, 0.3) is 0 Å². The van der Waals surface area contributed by atoms with Gasteiger partial charge in [0.05, 0.1) is 0 Å². The molecule has 2 aromatic carbocycles. The van der Waals surface area contributed by atoms with Crippen LogP contribution in [0.5, 0.6) is 0 Å². The number of hydrogen-bond donors (Lipinski definition) is 2. The van der Waals surface area contributed by atoms with Gasteiger partial charge in [-0.15, -0.1) is 0 Å². The van der Waals surface area contributed by atoms with E-state index in [0.29, 0.717) is 5.11 Å². The Kier molecular flexibility index (Phi) is 4.76. The van der Waals surface area contributed by atoms with E-state index in [2.05, 4.69) is 59.2 Å². The van der Waals surface area contributed by atoms with Crippen molar-refractivity contribution in [1.82, 2.24) is 0 Å². The molecule has 19 heavy (non-hydrogen) atoms. The number of thiocarbonyl (C=S) groups is 1. The van der Waals surface area contributed by atoms with Crippen LogP contribution in [0.4, 0.5) is 11.4 Å². The lowest BCUT2D eigenvalue weighted by atomic mass is 10.1. The minimum Gasteiger partial charge on any atom is -0.332 e. The maximum Gasteiger partial charge on any atom is 0.175 e. The van der Waals surface area contributed by atoms with Gasteiger partial charge in [-0.05, 0) is 84.6 Å². The average molecular weight is 382 g/mol. The molecule has 0 amide bonds. The fraction of sp³-hybridized carbons (Fsp3) is 0.133. The van der Waals surface area contributed by atoms with Crippen LogP contribution in [0.15, 0.2) is 42.5 Å². The Morgan fingerprint density at radius 3 is 2.32 bits per heavy atom. The molecule has 0 heterocycles. The molecular weight excluding hydrogens is 367 g/mol. The third-order valence-electron chi connectivity index (χ3n) is 2.73. The van der Waals surface area contributed by atoms with Crippen molar-refractivity contribution >= 4 is 51.3 Å². The molecule has 2 rings (SSSR count). The molecule has 0 spiro atoms. The Bertz CT molecular complexity index is 594. The molecule has 0 fully saturated rings. The molecular formula is C15H15IN2S. The van der Waals surface area contributed by atoms with E-state index >= 15 is 0 Å². The Hall–Kier alpha value is -1.14. The first-order valence-corrected chi connectivity index (χ1v) is 7.44. The van der Waals surface area contributed by atoms with E-state index < -0.39 is 0 Å². The number of aryl methyl sites for hydroxylation is 2. The summed E-state index contributed by atoms with van der Waals surface area (Å²) in [7, 11) is 0. The summed E-state index contributed by atoms with van der Waals surface area (Å²) >= 11 is 7.60. The van der Waals surface area contributed by atoms with Crippen molar-refractivity contribution in [2.24, 2.45) is 0 Å². The third kappa shape index (κ3) is 4.18. The first-order valence-electron chi connectivity index (χ1n) is 5.95. The van der Waals surface area contributed by atoms with E-state index in [0.717, 1.165) is 11.4 Å². The van der Waals surface area contributed by atoms with Crippen molar-refractivity contribution in [3.63, 3.8) is 0 Å². The Balaban J connectivity index is 2.03. The van der Waals surface area contributed by atoms with E-state index in [-0.39, 0.29) is 0 Å². The van der Waals surface area contributed by atoms with Gasteiger partial charge in [-0.3, -0.25) is 0 Å². The second-order valence-electron chi connectivity index (χ2n) is 4.40. The maximum absolute atomic E-state index is 5.32. The van der Waals surface area contributed by atoms with E-state index in [1.807, 2.05) is 30.3 Å². The lowest BCUT2D eigenvalue weighted by Gasteiger charge is -2.13. The average Bonchev–Trinajstić information content (AvgIpc) is 2.36. The fourth-order valence-corrected chi connectivity index (χ4v) is 2.36. The largest absolute Gasteiger partial charge is 0.332 e. The maximum atomic E-state index is 5.32. The fourth-order valence-electron chi connectivity index (χ4n) is 1.77. The smallest absolute Gasteiger partial charge is 0.175 e. The van der Waals surface area contributed by atoms with Gasteiger partial charge < -0.3 is 10.6 Å². The van der Waals surface area contributed by atoms with Gasteiger partial charge in [0.15, 0.2) is 5.11 Å². The minimum atomic E-state index is 0.605. The van der Waals surface area contributed by atoms with Gasteiger partial charge in [-0.1, -0.05) is 17.7 Å². The van der Waals surface area contributed by atoms with Crippen molar-refractivity contribution < 1.29 is 0 Å². The van der Waals surface area contributed by atoms with Gasteiger partial charge in [-0.25, -0.2) is 0 Å². The molecule has 0 unspecified atom stereocenters. The number of hydrogen-bond acceptors (Lipinski definition) is 1. The number of halogens is 1. The number of nitrogens with one attached hydrogen (secondary N) is 2. The summed E-state index contributed by atoms with van der Waals surface area (Å²) in [6.07, 6.45) is 0. The topological polar surface area (TPSA) is 24.1 Å². The number of benzene rings is 2. The zero-order chi connectivity index (χ0) is 13.8. The van der Waals surface area contributed by atoms with E-state index in [9.17, 15) is 0 Å². The van der Waals surface area contributed by atoms with Gasteiger partial charge >= 0.3 is 0 Å². The van der Waals surface area contributed by atoms with Crippen LogP contribution < -0.4 is 10.6 Å². The highest BCUT2D eigenvalue weighted by Gasteiger charge is 2.02. The molecule has 98 valence electrons. The Morgan fingerprint density at radius 1 is 1.00 bits per heavy atom. The highest BCUT2D eigenvalue weighted by atomic mass is 127. The van der Waals surface area contributed by atoms with E-state index in [4.69, 9.17) is 12.2 Å². The molecule has 0 atom stereocenters. The molecule has 0 saturated heterocycles. The van der Waals surface area contributed by atoms with Crippen LogP contribution in [0.1, 0.15) is 11.1 Å². The molecule has 2 nitrogen and oxygen atoms in total. The normalized spacial score (nSPS) is 10.1. The van der Waals surface area contributed by atoms with Crippen LogP contribution in [-0.4, -0.2) is 5.11 Å². The van der Waals surface area contributed by atoms with Crippen LogP contribution in [0.2, 0.25) is 0 Å². The van der Waals surface area contributed by atoms with Crippen molar-refractivity contribution in [3.8, 4) is 0 Å². The first-order chi connectivity index (χ1) is 9.04. The lowest BCUT2D eigenvalue weighted by molar-refractivity contribution is 1.38. The number of rotatable bonds is 2. The predicted molar refractivity (Wildman–Crippen MR) is 94.9 cm³/mol. The molecule has 0 aliphatic heterocycles. The summed E-state index contributed by atoms with van der Waals surface area (Å²) in [5.41, 5.74) is 4.46. The second kappa shape index (κ2) is 6.34. The highest BCUT2D eigenvalue weighted by molar-refractivity contribution is 14.1. The molecule has 0 aromatic heterocycles. The first kappa shape index (κ1) is 14.3. The molecule has 0 aliphatic rings. The summed E-state index contributed by atoms with van der Waals surface area (Å²) < 4.78 is 1.21. The molecule has 0 radical (unpaired) electrons. The Morgan fingerprint density at radius 2 is 1.68 bits per heavy atom. The SMILES string of the molecule is Cc1ccc(NC(=S)Nc2ccc(I)cc2)c(C)c1. The predicted octanol–water partition coefficient (Wildman–Crippen LogP) is 4.72. The Labute approximate surface area is 132 Å². The van der Waals surface area contributed by atoms with Gasteiger partial charge in [0.25, 0.3) is 0 Å². The van der Waals surface area contributed by atoms with E-state index in [1.165, 1.54) is 14.7 Å². The van der Waals surface area contributed by atoms with Crippen LogP contribution in [-0.2, 0) is 0 Å². The zero-order valence-electron chi connectivity index (χ0n) is 10.8. The molecule has 0 saturated carbocycles. The van der Waals surface area contributed by atoms with Crippen molar-refractivity contribution in [1.29, 1.82) is 0 Å². The van der Waals surface area contributed by atoms with Gasteiger partial charge in [0, 0.05) is 14.9 Å². The van der Waals surface area contributed by atoms with Crippen LogP contribution in [0.3, 0.4) is 0 Å². The third-order valence-corrected chi connectivity index (χ3v) is 3.66. The molecule has 4 heteroatoms. The lowest BCUT2D eigenvalue weighted by Crippen LogP contribution is -2.19. The summed E-state index contributed by atoms with van der Waals surface area (Å²) in [6.45, 7) is 4.15. The van der Waals surface area contributed by atoms with Gasteiger partial charge in [0.1, 0.15) is 0 Å². The summed E-state index contributed by atoms with van der Waals surface area (Å²) in [5, 5.41) is 7.00. The zero-order valence-corrected chi connectivity index (χ0v) is 13.8. The van der Waals surface area contributed by atoms with E-state index in [1.54, 1.807) is 0 Å². The van der Waals surface area contributed by atoms with Crippen molar-refractivity contribution in [2.45, 2.75) is 13.8 Å². The van der Waals surface area contributed by atoms with Gasteiger partial charge in [0.2, 0.25) is 0 Å². The minimum absolute atomic E-state index is 0.605.